The van der Waals surface area contributed by atoms with E-state index in [4.69, 9.17) is 5.84 Å². The van der Waals surface area contributed by atoms with Crippen molar-refractivity contribution >= 4 is 0 Å². The number of nitrogens with one attached hydrogen (secondary N) is 1. The molecule has 0 aromatic heterocycles. The van der Waals surface area contributed by atoms with E-state index in [0.717, 1.165) is 16.7 Å². The fraction of sp³-hybridized carbons (Fsp3) is 0.273. The summed E-state index contributed by atoms with van der Waals surface area (Å²) in [5.41, 5.74) is 5.31. The van der Waals surface area contributed by atoms with Crippen LogP contribution >= 0.6 is 0 Å². The monoisotopic (exact) mass is 194 g/mol. The van der Waals surface area contributed by atoms with E-state index >= 15 is 0 Å². The molecule has 0 fully saturated rings. The van der Waals surface area contributed by atoms with Crippen LogP contribution in [-0.4, -0.2) is 0 Å². The van der Waals surface area contributed by atoms with Gasteiger partial charge < -0.3 is 0 Å². The minimum absolute atomic E-state index is 0.189. The number of benzene rings is 1. The molecule has 1 aromatic carbocycles. The van der Waals surface area contributed by atoms with Crippen LogP contribution in [0.4, 0.5) is 4.39 Å². The molecule has 0 heterocycles. The second-order valence-electron chi connectivity index (χ2n) is 3.45. The number of rotatable bonds is 3. The first-order valence-electron chi connectivity index (χ1n) is 4.44. The maximum absolute atomic E-state index is 13.0. The van der Waals surface area contributed by atoms with Crippen molar-refractivity contribution in [2.75, 3.05) is 0 Å². The maximum Gasteiger partial charge on any atom is 0.123 e. The molecule has 76 valence electrons. The van der Waals surface area contributed by atoms with Gasteiger partial charge in [0.25, 0.3) is 0 Å². The molecule has 1 unspecified atom stereocenters. The van der Waals surface area contributed by atoms with Gasteiger partial charge in [0.2, 0.25) is 0 Å². The van der Waals surface area contributed by atoms with Gasteiger partial charge in [0, 0.05) is 0 Å². The van der Waals surface area contributed by atoms with Gasteiger partial charge in [-0.3, -0.25) is 5.84 Å². The topological polar surface area (TPSA) is 38.0 Å². The van der Waals surface area contributed by atoms with Crippen molar-refractivity contribution in [1.82, 2.24) is 5.43 Å². The van der Waals surface area contributed by atoms with Crippen molar-refractivity contribution < 1.29 is 4.39 Å². The molecule has 0 aliphatic heterocycles. The van der Waals surface area contributed by atoms with E-state index < -0.39 is 0 Å². The van der Waals surface area contributed by atoms with E-state index in [1.165, 1.54) is 12.1 Å². The highest BCUT2D eigenvalue weighted by Crippen LogP contribution is 2.23. The summed E-state index contributed by atoms with van der Waals surface area (Å²) < 4.78 is 13.0. The number of aryl methyl sites for hydroxylation is 1. The summed E-state index contributed by atoms with van der Waals surface area (Å²) in [7, 11) is 0. The van der Waals surface area contributed by atoms with Crippen molar-refractivity contribution in [2.45, 2.75) is 19.9 Å². The Hall–Kier alpha value is -1.19. The van der Waals surface area contributed by atoms with Gasteiger partial charge >= 0.3 is 0 Å². The summed E-state index contributed by atoms with van der Waals surface area (Å²) in [6, 6.07) is 4.46. The number of hydrogen-bond acceptors (Lipinski definition) is 2. The molecule has 0 aliphatic carbocycles. The molecule has 0 saturated carbocycles. The Morgan fingerprint density at radius 3 is 2.71 bits per heavy atom. The van der Waals surface area contributed by atoms with E-state index in [1.807, 2.05) is 13.8 Å². The molecule has 0 bridgehead atoms. The first-order valence-corrected chi connectivity index (χ1v) is 4.44. The quantitative estimate of drug-likeness (QED) is 0.440. The molecular weight excluding hydrogens is 179 g/mol. The Bertz CT molecular complexity index is 347. The van der Waals surface area contributed by atoms with Crippen molar-refractivity contribution in [2.24, 2.45) is 5.84 Å². The van der Waals surface area contributed by atoms with E-state index in [-0.39, 0.29) is 11.9 Å². The lowest BCUT2D eigenvalue weighted by Gasteiger charge is -2.18. The fourth-order valence-electron chi connectivity index (χ4n) is 1.42. The van der Waals surface area contributed by atoms with Crippen LogP contribution in [0.2, 0.25) is 0 Å². The van der Waals surface area contributed by atoms with E-state index in [1.54, 1.807) is 6.07 Å². The van der Waals surface area contributed by atoms with Gasteiger partial charge in [0.15, 0.2) is 0 Å². The van der Waals surface area contributed by atoms with Crippen molar-refractivity contribution in [1.29, 1.82) is 0 Å². The van der Waals surface area contributed by atoms with Crippen LogP contribution in [0.25, 0.3) is 0 Å². The van der Waals surface area contributed by atoms with Gasteiger partial charge in [-0.05, 0) is 37.1 Å². The zero-order valence-corrected chi connectivity index (χ0v) is 8.47. The minimum atomic E-state index is -0.257. The van der Waals surface area contributed by atoms with Gasteiger partial charge in [-0.25, -0.2) is 9.82 Å². The first kappa shape index (κ1) is 10.9. The van der Waals surface area contributed by atoms with E-state index in [0.29, 0.717) is 0 Å². The molecule has 3 N–H and O–H groups in total. The Morgan fingerprint density at radius 2 is 2.21 bits per heavy atom. The lowest BCUT2D eigenvalue weighted by molar-refractivity contribution is 0.598. The maximum atomic E-state index is 13.0. The van der Waals surface area contributed by atoms with E-state index in [2.05, 4.69) is 12.0 Å². The molecule has 0 amide bonds. The highest BCUT2D eigenvalue weighted by molar-refractivity contribution is 5.33. The first-order chi connectivity index (χ1) is 6.56. The average Bonchev–Trinajstić information content (AvgIpc) is 2.11. The second kappa shape index (κ2) is 4.35. The lowest BCUT2D eigenvalue weighted by atomic mass is 9.97. The van der Waals surface area contributed by atoms with Crippen LogP contribution in [0, 0.1) is 12.7 Å². The highest BCUT2D eigenvalue weighted by Gasteiger charge is 2.13. The van der Waals surface area contributed by atoms with Crippen LogP contribution in [0.5, 0.6) is 0 Å². The normalized spacial score (nSPS) is 12.6. The van der Waals surface area contributed by atoms with Crippen molar-refractivity contribution in [3.05, 3.63) is 47.3 Å². The lowest BCUT2D eigenvalue weighted by Crippen LogP contribution is -2.29. The molecule has 1 rings (SSSR count). The second-order valence-corrected chi connectivity index (χ2v) is 3.45. The molecule has 1 aromatic rings. The Balaban J connectivity index is 3.15. The predicted molar refractivity (Wildman–Crippen MR) is 56.0 cm³/mol. The van der Waals surface area contributed by atoms with Crippen LogP contribution in [0.3, 0.4) is 0 Å². The fourth-order valence-corrected chi connectivity index (χ4v) is 1.42. The number of hydrogen-bond donors (Lipinski definition) is 2. The largest absolute Gasteiger partial charge is 0.271 e. The van der Waals surface area contributed by atoms with E-state index in [9.17, 15) is 4.39 Å². The molecule has 0 aliphatic rings. The molecule has 1 atom stereocenters. The Labute approximate surface area is 83.6 Å². The zero-order valence-electron chi connectivity index (χ0n) is 8.47. The third-order valence-corrected chi connectivity index (χ3v) is 2.21. The molecule has 3 heteroatoms. The van der Waals surface area contributed by atoms with Gasteiger partial charge in [-0.15, -0.1) is 0 Å². The predicted octanol–water partition coefficient (Wildman–Crippen LogP) is 2.21. The molecule has 0 radical (unpaired) electrons. The molecule has 0 spiro atoms. The SMILES string of the molecule is C=C(C)C(NN)c1cc(F)ccc1C. The molecule has 14 heavy (non-hydrogen) atoms. The average molecular weight is 194 g/mol. The third kappa shape index (κ3) is 2.19. The summed E-state index contributed by atoms with van der Waals surface area (Å²) >= 11 is 0. The summed E-state index contributed by atoms with van der Waals surface area (Å²) in [4.78, 5) is 0. The highest BCUT2D eigenvalue weighted by atomic mass is 19.1. The van der Waals surface area contributed by atoms with Gasteiger partial charge in [-0.1, -0.05) is 18.2 Å². The standard InChI is InChI=1S/C11H15FN2/c1-7(2)11(14-13)10-6-9(12)5-4-8(10)3/h4-6,11,14H,1,13H2,2-3H3. The smallest absolute Gasteiger partial charge is 0.123 e. The van der Waals surface area contributed by atoms with Crippen molar-refractivity contribution in [3.8, 4) is 0 Å². The van der Waals surface area contributed by atoms with Crippen LogP contribution in [0.15, 0.2) is 30.4 Å². The van der Waals surface area contributed by atoms with Crippen LogP contribution in [0.1, 0.15) is 24.1 Å². The summed E-state index contributed by atoms with van der Waals surface area (Å²) in [5, 5.41) is 0. The molecule has 2 nitrogen and oxygen atoms in total. The van der Waals surface area contributed by atoms with Crippen molar-refractivity contribution in [3.63, 3.8) is 0 Å². The molecular formula is C11H15FN2. The summed E-state index contributed by atoms with van der Waals surface area (Å²) in [6.07, 6.45) is 0. The molecule has 0 saturated heterocycles. The number of nitrogens with two attached hydrogens (primary N) is 1. The van der Waals surface area contributed by atoms with Crippen LogP contribution in [-0.2, 0) is 0 Å². The number of halogens is 1. The van der Waals surface area contributed by atoms with Crippen LogP contribution < -0.4 is 11.3 Å². The Morgan fingerprint density at radius 1 is 1.57 bits per heavy atom. The third-order valence-electron chi connectivity index (χ3n) is 2.21. The number of hydrazine groups is 1. The minimum Gasteiger partial charge on any atom is -0.271 e. The Kier molecular flexibility index (Phi) is 3.38. The van der Waals surface area contributed by atoms with Gasteiger partial charge in [0.05, 0.1) is 6.04 Å². The summed E-state index contributed by atoms with van der Waals surface area (Å²) in [6.45, 7) is 7.58. The summed E-state index contributed by atoms with van der Waals surface area (Å²) in [5.74, 6) is 5.13. The zero-order chi connectivity index (χ0) is 10.7. The van der Waals surface area contributed by atoms with Gasteiger partial charge in [-0.2, -0.15) is 0 Å². The van der Waals surface area contributed by atoms with Gasteiger partial charge in [0.1, 0.15) is 5.82 Å².